The van der Waals surface area contributed by atoms with Gasteiger partial charge in [-0.15, -0.1) is 0 Å². The maximum atomic E-state index is 14.0. The predicted octanol–water partition coefficient (Wildman–Crippen LogP) is 5.09. The van der Waals surface area contributed by atoms with Gasteiger partial charge in [-0.25, -0.2) is 8.42 Å². The number of aromatic nitrogens is 1. The van der Waals surface area contributed by atoms with Gasteiger partial charge in [-0.1, -0.05) is 47.5 Å². The summed E-state index contributed by atoms with van der Waals surface area (Å²) >= 11 is 12.3. The van der Waals surface area contributed by atoms with Crippen molar-refractivity contribution in [1.29, 1.82) is 0 Å². The number of benzene rings is 2. The molecule has 0 radical (unpaired) electrons. The number of amides is 1. The summed E-state index contributed by atoms with van der Waals surface area (Å²) in [6.07, 6.45) is 7.16. The summed E-state index contributed by atoms with van der Waals surface area (Å²) in [5, 5.41) is 0.442. The fourth-order valence-electron chi connectivity index (χ4n) is 7.07. The molecule has 3 aliphatic rings. The Morgan fingerprint density at radius 3 is 2.49 bits per heavy atom. The highest BCUT2D eigenvalue weighted by molar-refractivity contribution is 7.92. The molecule has 0 aliphatic carbocycles. The van der Waals surface area contributed by atoms with Crippen LogP contribution in [0.15, 0.2) is 71.9 Å². The fraction of sp³-hybridized carbons (Fsp3) is 0.500. The van der Waals surface area contributed by atoms with Crippen molar-refractivity contribution in [2.45, 2.75) is 48.6 Å². The summed E-state index contributed by atoms with van der Waals surface area (Å²) in [5.41, 5.74) is 2.08. The molecule has 6 rings (SSSR count). The topological polar surface area (TPSA) is 95.5 Å². The van der Waals surface area contributed by atoms with Crippen molar-refractivity contribution in [2.75, 3.05) is 77.0 Å². The molecular formula is C36H45Cl2N5O5S. The van der Waals surface area contributed by atoms with Crippen LogP contribution in [-0.2, 0) is 36.3 Å². The number of para-hydroxylation sites is 1. The smallest absolute Gasteiger partial charge is 0.264 e. The molecule has 0 N–H and O–H groups in total. The zero-order chi connectivity index (χ0) is 34.4. The average Bonchev–Trinajstić information content (AvgIpc) is 3.12. The maximum Gasteiger partial charge on any atom is 0.264 e. The monoisotopic (exact) mass is 729 g/mol. The van der Waals surface area contributed by atoms with Crippen molar-refractivity contribution in [1.82, 2.24) is 19.7 Å². The maximum absolute atomic E-state index is 14.0. The van der Waals surface area contributed by atoms with Crippen LogP contribution in [-0.4, -0.2) is 113 Å². The number of rotatable bonds is 12. The van der Waals surface area contributed by atoms with E-state index in [1.54, 1.807) is 12.3 Å². The van der Waals surface area contributed by atoms with Gasteiger partial charge in [-0.3, -0.25) is 14.1 Å². The summed E-state index contributed by atoms with van der Waals surface area (Å²) in [6, 6.07) is 15.3. The van der Waals surface area contributed by atoms with Gasteiger partial charge in [0.05, 0.1) is 38.9 Å². The molecule has 4 heterocycles. The largest absolute Gasteiger partial charge is 0.370 e. The number of hydrogen-bond donors (Lipinski definition) is 0. The number of fused-ring (bicyclic) bond motifs is 1. The number of aryl methyl sites for hydroxylation is 1. The van der Waals surface area contributed by atoms with Crippen LogP contribution in [0.2, 0.25) is 10.0 Å². The van der Waals surface area contributed by atoms with E-state index < -0.39 is 21.7 Å². The highest BCUT2D eigenvalue weighted by Gasteiger charge is 2.40. The van der Waals surface area contributed by atoms with E-state index >= 15 is 0 Å². The van der Waals surface area contributed by atoms with E-state index in [1.807, 2.05) is 35.4 Å². The lowest BCUT2D eigenvalue weighted by Gasteiger charge is -2.42. The Balaban J connectivity index is 1.06. The summed E-state index contributed by atoms with van der Waals surface area (Å²) in [5.74, 6) is -0.120. The van der Waals surface area contributed by atoms with Crippen LogP contribution in [0.4, 0.5) is 5.69 Å². The third kappa shape index (κ3) is 8.41. The van der Waals surface area contributed by atoms with E-state index in [0.29, 0.717) is 51.1 Å². The molecule has 1 unspecified atom stereocenters. The molecule has 264 valence electrons. The Hall–Kier alpha value is -2.77. The molecule has 13 heteroatoms. The number of halogens is 2. The van der Waals surface area contributed by atoms with Crippen LogP contribution in [0.1, 0.15) is 36.8 Å². The van der Waals surface area contributed by atoms with Gasteiger partial charge in [0.2, 0.25) is 5.91 Å². The lowest BCUT2D eigenvalue weighted by molar-refractivity contribution is -0.144. The molecule has 10 nitrogen and oxygen atoms in total. The van der Waals surface area contributed by atoms with E-state index in [0.717, 1.165) is 50.3 Å². The molecular weight excluding hydrogens is 685 g/mol. The first-order valence-electron chi connectivity index (χ1n) is 17.0. The number of sulfonamides is 1. The lowest BCUT2D eigenvalue weighted by Crippen LogP contribution is -2.49. The first-order valence-corrected chi connectivity index (χ1v) is 19.2. The highest BCUT2D eigenvalue weighted by Crippen LogP contribution is 2.38. The van der Waals surface area contributed by atoms with Gasteiger partial charge in [-0.05, 0) is 75.0 Å². The molecule has 1 amide bonds. The highest BCUT2D eigenvalue weighted by atomic mass is 35.5. The van der Waals surface area contributed by atoms with Gasteiger partial charge < -0.3 is 24.2 Å². The molecule has 1 aromatic heterocycles. The molecule has 3 aromatic rings. The minimum Gasteiger partial charge on any atom is -0.370 e. The Kier molecular flexibility index (Phi) is 11.8. The second-order valence-corrected chi connectivity index (χ2v) is 15.8. The Morgan fingerprint density at radius 2 is 1.76 bits per heavy atom. The molecule has 49 heavy (non-hydrogen) atoms. The number of piperidine rings is 1. The number of pyridine rings is 1. The second kappa shape index (κ2) is 16.1. The van der Waals surface area contributed by atoms with E-state index in [-0.39, 0.29) is 34.1 Å². The van der Waals surface area contributed by atoms with E-state index in [9.17, 15) is 13.2 Å². The molecule has 2 saturated heterocycles. The molecule has 1 atom stereocenters. The van der Waals surface area contributed by atoms with E-state index in [1.165, 1.54) is 22.5 Å². The average molecular weight is 731 g/mol. The minimum absolute atomic E-state index is 0.0478. The minimum atomic E-state index is -4.00. The third-order valence-corrected chi connectivity index (χ3v) is 12.6. The number of likely N-dealkylation sites (tertiary alicyclic amines) is 1. The number of anilines is 1. The van der Waals surface area contributed by atoms with Gasteiger partial charge >= 0.3 is 0 Å². The first kappa shape index (κ1) is 36.0. The summed E-state index contributed by atoms with van der Waals surface area (Å²) in [6.45, 7) is 7.02. The van der Waals surface area contributed by atoms with Crippen molar-refractivity contribution in [3.05, 3.63) is 88.2 Å². The van der Waals surface area contributed by atoms with Crippen molar-refractivity contribution < 1.29 is 22.7 Å². The molecule has 0 bridgehead atoms. The van der Waals surface area contributed by atoms with Crippen LogP contribution in [0.3, 0.4) is 0 Å². The number of likely N-dealkylation sites (N-methyl/N-ethyl adjacent to an activating group) is 1. The molecule has 2 fully saturated rings. The van der Waals surface area contributed by atoms with Crippen molar-refractivity contribution in [3.8, 4) is 0 Å². The molecule has 0 saturated carbocycles. The zero-order valence-electron chi connectivity index (χ0n) is 28.0. The Labute approximate surface area is 299 Å². The number of hydrogen-bond acceptors (Lipinski definition) is 8. The summed E-state index contributed by atoms with van der Waals surface area (Å²) in [7, 11) is -1.84. The van der Waals surface area contributed by atoms with Gasteiger partial charge in [-0.2, -0.15) is 0 Å². The summed E-state index contributed by atoms with van der Waals surface area (Å²) < 4.78 is 42.1. The van der Waals surface area contributed by atoms with Crippen LogP contribution in [0, 0.1) is 0 Å². The van der Waals surface area contributed by atoms with Gasteiger partial charge in [0.15, 0.2) is 0 Å². The number of ether oxygens (including phenoxy) is 2. The number of carbonyl (C=O) groups excluding carboxylic acids is 1. The van der Waals surface area contributed by atoms with Crippen LogP contribution in [0.5, 0.6) is 0 Å². The standard InChI is InChI=1S/C36H45Cl2N5O5S/c1-40-19-21-41(22-20-40)16-5-23-48-36(29-7-4-15-39-25-29)13-17-42(18-14-36)35(44)27-47-26-30-10-9-28-6-2-3-8-34(28)43(30)49(45,46)31-11-12-32(37)33(38)24-31/h2-4,6-8,11-12,15,24-25,30H,5,9-10,13-14,16-23,26-27H2,1H3. The van der Waals surface area contributed by atoms with Gasteiger partial charge in [0.1, 0.15) is 6.61 Å². The van der Waals surface area contributed by atoms with Crippen LogP contribution < -0.4 is 4.31 Å². The second-order valence-electron chi connectivity index (χ2n) is 13.2. The summed E-state index contributed by atoms with van der Waals surface area (Å²) in [4.78, 5) is 24.5. The predicted molar refractivity (Wildman–Crippen MR) is 192 cm³/mol. The van der Waals surface area contributed by atoms with Crippen molar-refractivity contribution >= 4 is 44.8 Å². The number of nitrogens with zero attached hydrogens (tertiary/aromatic N) is 5. The fourth-order valence-corrected chi connectivity index (χ4v) is 9.16. The molecule has 2 aromatic carbocycles. The van der Waals surface area contributed by atoms with E-state index in [2.05, 4.69) is 27.9 Å². The van der Waals surface area contributed by atoms with Crippen molar-refractivity contribution in [3.63, 3.8) is 0 Å². The van der Waals surface area contributed by atoms with Gasteiger partial charge in [0, 0.05) is 70.4 Å². The van der Waals surface area contributed by atoms with Crippen molar-refractivity contribution in [2.24, 2.45) is 0 Å². The number of piperazine rings is 1. The zero-order valence-corrected chi connectivity index (χ0v) is 30.3. The first-order chi connectivity index (χ1) is 23.7. The van der Waals surface area contributed by atoms with Crippen LogP contribution in [0.25, 0.3) is 0 Å². The molecule has 0 spiro atoms. The van der Waals surface area contributed by atoms with Crippen LogP contribution >= 0.6 is 23.2 Å². The van der Waals surface area contributed by atoms with Gasteiger partial charge in [0.25, 0.3) is 10.0 Å². The Morgan fingerprint density at radius 1 is 0.980 bits per heavy atom. The normalized spacial score (nSPS) is 20.3. The SMILES string of the molecule is CN1CCN(CCCOC2(c3cccnc3)CCN(C(=O)COCC3CCc4ccccc4N3S(=O)(=O)c3ccc(Cl)c(Cl)c3)CC2)CC1. The Bertz CT molecular complexity index is 1680. The number of carbonyl (C=O) groups is 1. The molecule has 3 aliphatic heterocycles. The lowest BCUT2D eigenvalue weighted by atomic mass is 9.85. The quantitative estimate of drug-likeness (QED) is 0.238. The van der Waals surface area contributed by atoms with E-state index in [4.69, 9.17) is 32.7 Å². The third-order valence-electron chi connectivity index (χ3n) is 10.00.